The first-order valence-corrected chi connectivity index (χ1v) is 7.54. The lowest BCUT2D eigenvalue weighted by molar-refractivity contribution is -0.383. The van der Waals surface area contributed by atoms with Crippen LogP contribution in [0.2, 0.25) is 0 Å². The Labute approximate surface area is 129 Å². The third-order valence-corrected chi connectivity index (χ3v) is 4.37. The molecule has 0 bridgehead atoms. The molecular weight excluding hydrogens is 280 g/mol. The number of piperidine rings is 1. The van der Waals surface area contributed by atoms with Gasteiger partial charge in [0, 0.05) is 23.7 Å². The summed E-state index contributed by atoms with van der Waals surface area (Å²) in [6, 6.07) is 5.45. The number of benzene rings is 1. The lowest BCUT2D eigenvalue weighted by Crippen LogP contribution is -2.36. The third-order valence-electron chi connectivity index (χ3n) is 4.37. The summed E-state index contributed by atoms with van der Waals surface area (Å²) in [4.78, 5) is 17.6. The van der Waals surface area contributed by atoms with Gasteiger partial charge >= 0.3 is 0 Å². The van der Waals surface area contributed by atoms with Gasteiger partial charge in [0.25, 0.3) is 5.69 Å². The van der Waals surface area contributed by atoms with E-state index in [1.807, 2.05) is 6.92 Å². The molecule has 0 aliphatic carbocycles. The predicted molar refractivity (Wildman–Crippen MR) is 87.3 cm³/mol. The van der Waals surface area contributed by atoms with Crippen molar-refractivity contribution in [2.45, 2.75) is 25.8 Å². The summed E-state index contributed by atoms with van der Waals surface area (Å²) in [5, 5.41) is 16.2. The molecule has 1 N–H and O–H groups in total. The molecule has 1 aromatic heterocycles. The van der Waals surface area contributed by atoms with Crippen molar-refractivity contribution in [3.63, 3.8) is 0 Å². The first-order valence-electron chi connectivity index (χ1n) is 7.54. The molecule has 1 fully saturated rings. The van der Waals surface area contributed by atoms with Gasteiger partial charge in [0.15, 0.2) is 0 Å². The molecule has 2 aromatic rings. The van der Waals surface area contributed by atoms with E-state index in [-0.39, 0.29) is 10.6 Å². The maximum atomic E-state index is 11.2. The number of fused-ring (bicyclic) bond motifs is 1. The van der Waals surface area contributed by atoms with Crippen LogP contribution >= 0.6 is 0 Å². The molecule has 6 heteroatoms. The number of hydrogen-bond acceptors (Lipinski definition) is 5. The second-order valence-electron chi connectivity index (χ2n) is 5.96. The Balaban J connectivity index is 1.99. The minimum atomic E-state index is -0.332. The van der Waals surface area contributed by atoms with Crippen molar-refractivity contribution in [3.05, 3.63) is 40.1 Å². The molecule has 116 valence electrons. The first kappa shape index (κ1) is 14.7. The van der Waals surface area contributed by atoms with Crippen LogP contribution in [-0.4, -0.2) is 41.0 Å². The van der Waals surface area contributed by atoms with Gasteiger partial charge in [-0.3, -0.25) is 10.1 Å². The molecule has 1 aromatic carbocycles. The van der Waals surface area contributed by atoms with Crippen LogP contribution in [0.3, 0.4) is 0 Å². The average molecular weight is 300 g/mol. The smallest absolute Gasteiger partial charge is 0.277 e. The van der Waals surface area contributed by atoms with E-state index >= 15 is 0 Å². The standard InChI is InChI=1S/C16H20N4O2/c1-11-3-4-14(20(21)22)13-5-8-17-16(15(11)13)18-12-6-9-19(2)10-7-12/h3-5,8,12H,6-7,9-10H2,1-2H3,(H,17,18). The predicted octanol–water partition coefficient (Wildman–Crippen LogP) is 2.96. The number of rotatable bonds is 3. The van der Waals surface area contributed by atoms with Gasteiger partial charge < -0.3 is 10.2 Å². The van der Waals surface area contributed by atoms with Crippen LogP contribution in [0.4, 0.5) is 11.5 Å². The van der Waals surface area contributed by atoms with Gasteiger partial charge in [0.2, 0.25) is 0 Å². The van der Waals surface area contributed by atoms with Crippen LogP contribution in [0, 0.1) is 17.0 Å². The number of nitro benzene ring substituents is 1. The quantitative estimate of drug-likeness (QED) is 0.697. The third kappa shape index (κ3) is 2.74. The van der Waals surface area contributed by atoms with Gasteiger partial charge in [-0.1, -0.05) is 6.07 Å². The van der Waals surface area contributed by atoms with E-state index in [1.54, 1.807) is 24.4 Å². The van der Waals surface area contributed by atoms with Crippen molar-refractivity contribution in [2.24, 2.45) is 0 Å². The number of aryl methyl sites for hydroxylation is 1. The van der Waals surface area contributed by atoms with Gasteiger partial charge in [0.1, 0.15) is 5.82 Å². The lowest BCUT2D eigenvalue weighted by atomic mass is 10.0. The molecule has 22 heavy (non-hydrogen) atoms. The molecular formula is C16H20N4O2. The van der Waals surface area contributed by atoms with Crippen molar-refractivity contribution in [1.29, 1.82) is 0 Å². The minimum Gasteiger partial charge on any atom is -0.367 e. The van der Waals surface area contributed by atoms with Crippen molar-refractivity contribution >= 4 is 22.3 Å². The molecule has 1 aliphatic rings. The molecule has 0 radical (unpaired) electrons. The Morgan fingerprint density at radius 1 is 1.32 bits per heavy atom. The zero-order valence-electron chi connectivity index (χ0n) is 12.9. The number of pyridine rings is 1. The Bertz CT molecular complexity index is 709. The molecule has 1 aliphatic heterocycles. The normalized spacial score (nSPS) is 16.8. The highest BCUT2D eigenvalue weighted by Crippen LogP contribution is 2.32. The molecule has 0 atom stereocenters. The van der Waals surface area contributed by atoms with Gasteiger partial charge in [-0.15, -0.1) is 0 Å². The van der Waals surface area contributed by atoms with Gasteiger partial charge in [-0.2, -0.15) is 0 Å². The summed E-state index contributed by atoms with van der Waals surface area (Å²) in [5.74, 6) is 0.758. The van der Waals surface area contributed by atoms with Crippen LogP contribution in [0.1, 0.15) is 18.4 Å². The molecule has 0 spiro atoms. The van der Waals surface area contributed by atoms with Gasteiger partial charge in [0.05, 0.1) is 10.3 Å². The van der Waals surface area contributed by atoms with Crippen molar-refractivity contribution < 1.29 is 4.92 Å². The van der Waals surface area contributed by atoms with Crippen LogP contribution in [0.25, 0.3) is 10.8 Å². The summed E-state index contributed by atoms with van der Waals surface area (Å²) in [6.07, 6.45) is 3.76. The zero-order valence-corrected chi connectivity index (χ0v) is 12.9. The Hall–Kier alpha value is -2.21. The minimum absolute atomic E-state index is 0.134. The second-order valence-corrected chi connectivity index (χ2v) is 5.96. The van der Waals surface area contributed by atoms with Crippen molar-refractivity contribution in [2.75, 3.05) is 25.5 Å². The van der Waals surface area contributed by atoms with E-state index in [4.69, 9.17) is 0 Å². The van der Waals surface area contributed by atoms with E-state index in [1.165, 1.54) is 0 Å². The lowest BCUT2D eigenvalue weighted by Gasteiger charge is -2.30. The van der Waals surface area contributed by atoms with Crippen molar-refractivity contribution in [3.8, 4) is 0 Å². The number of hydrogen-bond donors (Lipinski definition) is 1. The molecule has 1 saturated heterocycles. The maximum Gasteiger partial charge on any atom is 0.277 e. The largest absolute Gasteiger partial charge is 0.367 e. The highest BCUT2D eigenvalue weighted by atomic mass is 16.6. The summed E-state index contributed by atoms with van der Waals surface area (Å²) < 4.78 is 0. The van der Waals surface area contributed by atoms with Crippen molar-refractivity contribution in [1.82, 2.24) is 9.88 Å². The van der Waals surface area contributed by atoms with E-state index in [0.717, 1.165) is 42.7 Å². The summed E-state index contributed by atoms with van der Waals surface area (Å²) in [6.45, 7) is 4.08. The Morgan fingerprint density at radius 3 is 2.73 bits per heavy atom. The van der Waals surface area contributed by atoms with E-state index < -0.39 is 0 Å². The highest BCUT2D eigenvalue weighted by Gasteiger charge is 2.20. The number of aromatic nitrogens is 1. The number of nitro groups is 1. The molecule has 0 unspecified atom stereocenters. The van der Waals surface area contributed by atoms with Gasteiger partial charge in [-0.05, 0) is 51.5 Å². The highest BCUT2D eigenvalue weighted by molar-refractivity contribution is 6.00. The van der Waals surface area contributed by atoms with Crippen LogP contribution in [0.15, 0.2) is 24.4 Å². The second kappa shape index (κ2) is 5.88. The van der Waals surface area contributed by atoms with E-state index in [9.17, 15) is 10.1 Å². The molecule has 0 amide bonds. The number of nitrogens with one attached hydrogen (secondary N) is 1. The monoisotopic (exact) mass is 300 g/mol. The Kier molecular flexibility index (Phi) is 3.94. The van der Waals surface area contributed by atoms with Crippen LogP contribution in [0.5, 0.6) is 0 Å². The summed E-state index contributed by atoms with van der Waals surface area (Å²) in [5.41, 5.74) is 1.14. The van der Waals surface area contributed by atoms with E-state index in [0.29, 0.717) is 11.4 Å². The Morgan fingerprint density at radius 2 is 2.05 bits per heavy atom. The molecule has 6 nitrogen and oxygen atoms in total. The number of anilines is 1. The fourth-order valence-corrected chi connectivity index (χ4v) is 3.07. The number of non-ortho nitro benzene ring substituents is 1. The SMILES string of the molecule is Cc1ccc([N+](=O)[O-])c2ccnc(NC3CCN(C)CC3)c12. The fourth-order valence-electron chi connectivity index (χ4n) is 3.07. The molecule has 3 rings (SSSR count). The summed E-state index contributed by atoms with van der Waals surface area (Å²) >= 11 is 0. The topological polar surface area (TPSA) is 71.3 Å². The number of likely N-dealkylation sites (tertiary alicyclic amines) is 1. The first-order chi connectivity index (χ1) is 10.6. The van der Waals surface area contributed by atoms with E-state index in [2.05, 4.69) is 22.2 Å². The fraction of sp³-hybridized carbons (Fsp3) is 0.438. The molecule has 0 saturated carbocycles. The van der Waals surface area contributed by atoms with Crippen LogP contribution < -0.4 is 5.32 Å². The summed E-state index contributed by atoms with van der Waals surface area (Å²) in [7, 11) is 2.12. The number of nitrogens with zero attached hydrogens (tertiary/aromatic N) is 3. The average Bonchev–Trinajstić information content (AvgIpc) is 2.49. The zero-order chi connectivity index (χ0) is 15.7. The van der Waals surface area contributed by atoms with Crippen LogP contribution in [-0.2, 0) is 0 Å². The maximum absolute atomic E-state index is 11.2. The van der Waals surface area contributed by atoms with Gasteiger partial charge in [-0.25, -0.2) is 4.98 Å². The molecule has 2 heterocycles.